The molecular weight excluding hydrogens is 369 g/mol. The Morgan fingerprint density at radius 2 is 1.79 bits per heavy atom. The molecule has 1 N–H and O–H groups in total. The van der Waals surface area contributed by atoms with E-state index in [4.69, 9.17) is 4.42 Å². The van der Waals surface area contributed by atoms with Crippen molar-refractivity contribution >= 4 is 5.91 Å². The van der Waals surface area contributed by atoms with Crippen molar-refractivity contribution in [1.29, 1.82) is 0 Å². The molecule has 0 aliphatic carbocycles. The smallest absolute Gasteiger partial charge is 0.416 e. The summed E-state index contributed by atoms with van der Waals surface area (Å²) >= 11 is 0. The van der Waals surface area contributed by atoms with Gasteiger partial charge in [0.25, 0.3) is 5.91 Å². The molecule has 146 valence electrons. The molecule has 7 heteroatoms. The number of nitrogens with one attached hydrogen (secondary N) is 1. The molecule has 1 heterocycles. The van der Waals surface area contributed by atoms with E-state index >= 15 is 0 Å². The fraction of sp³-hybridized carbons (Fsp3) is 0.238. The van der Waals surface area contributed by atoms with Gasteiger partial charge < -0.3 is 9.73 Å². The van der Waals surface area contributed by atoms with Gasteiger partial charge in [0, 0.05) is 23.1 Å². The number of aromatic nitrogens is 1. The summed E-state index contributed by atoms with van der Waals surface area (Å²) in [6.45, 7) is 3.92. The van der Waals surface area contributed by atoms with Crippen molar-refractivity contribution in [2.24, 2.45) is 0 Å². The minimum absolute atomic E-state index is 0.0456. The summed E-state index contributed by atoms with van der Waals surface area (Å²) in [6.07, 6.45) is -2.97. The van der Waals surface area contributed by atoms with Crippen LogP contribution in [-0.4, -0.2) is 17.4 Å². The van der Waals surface area contributed by atoms with Crippen LogP contribution in [0.4, 0.5) is 13.2 Å². The van der Waals surface area contributed by atoms with E-state index < -0.39 is 23.1 Å². The zero-order valence-corrected chi connectivity index (χ0v) is 15.4. The van der Waals surface area contributed by atoms with Crippen LogP contribution in [0, 0.1) is 0 Å². The average Bonchev–Trinajstić information content (AvgIpc) is 3.17. The molecule has 0 aliphatic heterocycles. The van der Waals surface area contributed by atoms with E-state index in [0.717, 1.165) is 17.7 Å². The Morgan fingerprint density at radius 3 is 2.46 bits per heavy atom. The molecule has 2 aromatic carbocycles. The first-order valence-corrected chi connectivity index (χ1v) is 8.64. The fourth-order valence-electron chi connectivity index (χ4n) is 2.63. The van der Waals surface area contributed by atoms with Gasteiger partial charge >= 0.3 is 6.18 Å². The van der Waals surface area contributed by atoms with Gasteiger partial charge in [-0.25, -0.2) is 4.98 Å². The van der Waals surface area contributed by atoms with Crippen molar-refractivity contribution in [3.63, 3.8) is 0 Å². The lowest BCUT2D eigenvalue weighted by molar-refractivity contribution is -0.137. The van der Waals surface area contributed by atoms with E-state index in [1.807, 2.05) is 44.2 Å². The van der Waals surface area contributed by atoms with Gasteiger partial charge in [0.05, 0.1) is 11.3 Å². The second-order valence-electron chi connectivity index (χ2n) is 7.05. The highest BCUT2D eigenvalue weighted by atomic mass is 19.4. The lowest BCUT2D eigenvalue weighted by Crippen LogP contribution is -2.37. The third kappa shape index (κ3) is 4.42. The van der Waals surface area contributed by atoms with E-state index in [1.165, 1.54) is 18.4 Å². The highest BCUT2D eigenvalue weighted by molar-refractivity contribution is 5.94. The SMILES string of the molecule is CC(C)(CNC(=O)c1cccc(C(F)(F)F)c1)c1coc(-c2ccccc2)n1. The number of rotatable bonds is 5. The van der Waals surface area contributed by atoms with Crippen LogP contribution in [0.5, 0.6) is 0 Å². The number of oxazole rings is 1. The third-order valence-corrected chi connectivity index (χ3v) is 4.36. The first-order valence-electron chi connectivity index (χ1n) is 8.64. The Balaban J connectivity index is 1.70. The minimum Gasteiger partial charge on any atom is -0.444 e. The number of hydrogen-bond donors (Lipinski definition) is 1. The number of alkyl halides is 3. The summed E-state index contributed by atoms with van der Waals surface area (Å²) in [7, 11) is 0. The van der Waals surface area contributed by atoms with Crippen molar-refractivity contribution in [2.75, 3.05) is 6.54 Å². The topological polar surface area (TPSA) is 55.1 Å². The molecule has 0 spiro atoms. The monoisotopic (exact) mass is 388 g/mol. The fourth-order valence-corrected chi connectivity index (χ4v) is 2.63. The molecule has 0 saturated carbocycles. The van der Waals surface area contributed by atoms with Crippen LogP contribution in [0.25, 0.3) is 11.5 Å². The summed E-state index contributed by atoms with van der Waals surface area (Å²) in [4.78, 5) is 16.8. The van der Waals surface area contributed by atoms with Crippen molar-refractivity contribution < 1.29 is 22.4 Å². The minimum atomic E-state index is -4.50. The lowest BCUT2D eigenvalue weighted by atomic mass is 9.90. The molecule has 0 bridgehead atoms. The molecule has 0 fully saturated rings. The van der Waals surface area contributed by atoms with Gasteiger partial charge in [-0.3, -0.25) is 4.79 Å². The molecule has 3 rings (SSSR count). The number of nitrogens with zero attached hydrogens (tertiary/aromatic N) is 1. The van der Waals surface area contributed by atoms with Gasteiger partial charge in [0.15, 0.2) is 0 Å². The zero-order chi connectivity index (χ0) is 20.4. The Hall–Kier alpha value is -3.09. The summed E-state index contributed by atoms with van der Waals surface area (Å²) < 4.78 is 44.0. The zero-order valence-electron chi connectivity index (χ0n) is 15.4. The highest BCUT2D eigenvalue weighted by Crippen LogP contribution is 2.30. The molecule has 0 unspecified atom stereocenters. The van der Waals surface area contributed by atoms with Crippen LogP contribution < -0.4 is 5.32 Å². The molecule has 4 nitrogen and oxygen atoms in total. The first kappa shape index (κ1) is 19.7. The summed E-state index contributed by atoms with van der Waals surface area (Å²) in [6, 6.07) is 13.7. The number of carbonyl (C=O) groups is 1. The maximum Gasteiger partial charge on any atom is 0.416 e. The Labute approximate surface area is 160 Å². The van der Waals surface area contributed by atoms with E-state index in [-0.39, 0.29) is 12.1 Å². The molecule has 1 amide bonds. The Bertz CT molecular complexity index is 963. The summed E-state index contributed by atoms with van der Waals surface area (Å²) in [5, 5.41) is 2.68. The summed E-state index contributed by atoms with van der Waals surface area (Å²) in [5.74, 6) is -0.112. The second-order valence-corrected chi connectivity index (χ2v) is 7.05. The van der Waals surface area contributed by atoms with Crippen molar-refractivity contribution in [1.82, 2.24) is 10.3 Å². The van der Waals surface area contributed by atoms with Crippen LogP contribution in [0.3, 0.4) is 0 Å². The largest absolute Gasteiger partial charge is 0.444 e. The second kappa shape index (κ2) is 7.50. The van der Waals surface area contributed by atoms with Crippen molar-refractivity contribution in [2.45, 2.75) is 25.4 Å². The Morgan fingerprint density at radius 1 is 1.07 bits per heavy atom. The van der Waals surface area contributed by atoms with Gasteiger partial charge in [-0.1, -0.05) is 38.1 Å². The molecule has 0 saturated heterocycles. The predicted octanol–water partition coefficient (Wildman–Crippen LogP) is 5.07. The van der Waals surface area contributed by atoms with Gasteiger partial charge in [-0.15, -0.1) is 0 Å². The van der Waals surface area contributed by atoms with Crippen LogP contribution in [-0.2, 0) is 11.6 Å². The van der Waals surface area contributed by atoms with Crippen LogP contribution in [0.1, 0.15) is 35.5 Å². The molecular formula is C21H19F3N2O2. The molecule has 3 aromatic rings. The van der Waals surface area contributed by atoms with Gasteiger partial charge in [0.1, 0.15) is 6.26 Å². The van der Waals surface area contributed by atoms with Crippen LogP contribution in [0.15, 0.2) is 65.3 Å². The maximum atomic E-state index is 12.8. The van der Waals surface area contributed by atoms with Gasteiger partial charge in [-0.2, -0.15) is 13.2 Å². The number of carbonyl (C=O) groups excluding carboxylic acids is 1. The van der Waals surface area contributed by atoms with Crippen LogP contribution >= 0.6 is 0 Å². The van der Waals surface area contributed by atoms with E-state index in [2.05, 4.69) is 10.3 Å². The number of benzene rings is 2. The first-order chi connectivity index (χ1) is 13.2. The molecule has 0 radical (unpaired) electrons. The van der Waals surface area contributed by atoms with E-state index in [0.29, 0.717) is 11.6 Å². The van der Waals surface area contributed by atoms with E-state index in [9.17, 15) is 18.0 Å². The number of hydrogen-bond acceptors (Lipinski definition) is 3. The molecule has 28 heavy (non-hydrogen) atoms. The number of halogens is 3. The molecule has 1 aromatic heterocycles. The third-order valence-electron chi connectivity index (χ3n) is 4.36. The average molecular weight is 388 g/mol. The predicted molar refractivity (Wildman–Crippen MR) is 98.7 cm³/mol. The van der Waals surface area contributed by atoms with Crippen LogP contribution in [0.2, 0.25) is 0 Å². The highest BCUT2D eigenvalue weighted by Gasteiger charge is 2.31. The van der Waals surface area contributed by atoms with Crippen molar-refractivity contribution in [3.05, 3.63) is 77.7 Å². The Kier molecular flexibility index (Phi) is 5.27. The van der Waals surface area contributed by atoms with Gasteiger partial charge in [-0.05, 0) is 30.3 Å². The summed E-state index contributed by atoms with van der Waals surface area (Å²) in [5.41, 5.74) is -0.0131. The van der Waals surface area contributed by atoms with Gasteiger partial charge in [0.2, 0.25) is 5.89 Å². The normalized spacial score (nSPS) is 12.0. The molecule has 0 aliphatic rings. The maximum absolute atomic E-state index is 12.8. The lowest BCUT2D eigenvalue weighted by Gasteiger charge is -2.22. The number of amides is 1. The van der Waals surface area contributed by atoms with Crippen molar-refractivity contribution in [3.8, 4) is 11.5 Å². The molecule has 0 atom stereocenters. The van der Waals surface area contributed by atoms with E-state index in [1.54, 1.807) is 0 Å². The standard InChI is InChI=1S/C21H19F3N2O2/c1-20(2,17-12-28-19(26-17)14-7-4-3-5-8-14)13-25-18(27)15-9-6-10-16(11-15)21(22,23)24/h3-12H,13H2,1-2H3,(H,25,27). The quantitative estimate of drug-likeness (QED) is 0.664.